The Balaban J connectivity index is 2.18. The maximum absolute atomic E-state index is 12.5. The Morgan fingerprint density at radius 3 is 2.46 bits per heavy atom. The van der Waals surface area contributed by atoms with E-state index in [-0.39, 0.29) is 16.8 Å². The van der Waals surface area contributed by atoms with Crippen molar-refractivity contribution in [3.63, 3.8) is 0 Å². The summed E-state index contributed by atoms with van der Waals surface area (Å²) in [6.07, 6.45) is 1.61. The Morgan fingerprint density at radius 2 is 1.92 bits per heavy atom. The highest BCUT2D eigenvalue weighted by molar-refractivity contribution is 7.89. The highest BCUT2D eigenvalue weighted by atomic mass is 32.2. The smallest absolute Gasteiger partial charge is 0.244 e. The van der Waals surface area contributed by atoms with Crippen LogP contribution in [-0.2, 0) is 14.8 Å². The highest BCUT2D eigenvalue weighted by Crippen LogP contribution is 2.14. The fourth-order valence-electron chi connectivity index (χ4n) is 2.12. The fourth-order valence-corrected chi connectivity index (χ4v) is 3.33. The molecule has 0 aliphatic rings. The average molecular weight is 351 g/mol. The van der Waals surface area contributed by atoms with Gasteiger partial charge in [0.1, 0.15) is 12.4 Å². The molecule has 1 atom stereocenters. The van der Waals surface area contributed by atoms with Gasteiger partial charge in [0.05, 0.1) is 4.90 Å². The van der Waals surface area contributed by atoms with Crippen molar-refractivity contribution in [2.24, 2.45) is 5.92 Å². The van der Waals surface area contributed by atoms with E-state index in [1.807, 2.05) is 20.8 Å². The first-order chi connectivity index (χ1) is 11.3. The largest absolute Gasteiger partial charge is 0.294 e. The second-order valence-corrected chi connectivity index (χ2v) is 7.65. The molecule has 0 saturated carbocycles. The van der Waals surface area contributed by atoms with E-state index >= 15 is 0 Å². The molecule has 8 nitrogen and oxygen atoms in total. The standard InChI is InChI=1S/C15H21N5O3S/c1-10(2)8-13(14(21)18-15-16-9-17-19-15)20-24(22,23)12-6-4-11(3)5-7-12/h4-7,9-10,13,20H,8H2,1-3H3,(H2,16,17,18,19,21)/t13-/m1/s1. The van der Waals surface area contributed by atoms with Crippen LogP contribution in [0.5, 0.6) is 0 Å². The summed E-state index contributed by atoms with van der Waals surface area (Å²) >= 11 is 0. The monoisotopic (exact) mass is 351 g/mol. The van der Waals surface area contributed by atoms with Gasteiger partial charge in [0.2, 0.25) is 21.9 Å². The molecule has 0 unspecified atom stereocenters. The molecule has 0 aliphatic heterocycles. The molecule has 0 spiro atoms. The number of aromatic amines is 1. The number of nitrogens with zero attached hydrogens (tertiary/aromatic N) is 2. The maximum Gasteiger partial charge on any atom is 0.244 e. The number of hydrogen-bond donors (Lipinski definition) is 3. The van der Waals surface area contributed by atoms with Crippen LogP contribution in [-0.4, -0.2) is 35.5 Å². The molecule has 2 aromatic rings. The first-order valence-electron chi connectivity index (χ1n) is 7.53. The molecule has 2 rings (SSSR count). The van der Waals surface area contributed by atoms with Crippen LogP contribution in [0.4, 0.5) is 5.95 Å². The summed E-state index contributed by atoms with van der Waals surface area (Å²) in [6.45, 7) is 5.69. The highest BCUT2D eigenvalue weighted by Gasteiger charge is 2.27. The Morgan fingerprint density at radius 1 is 1.25 bits per heavy atom. The van der Waals surface area contributed by atoms with Crippen LogP contribution >= 0.6 is 0 Å². The Kier molecular flexibility index (Phi) is 5.68. The number of carbonyl (C=O) groups excluding carboxylic acids is 1. The van der Waals surface area contributed by atoms with Gasteiger partial charge < -0.3 is 0 Å². The number of H-pyrrole nitrogens is 1. The Bertz CT molecular complexity index is 770. The van der Waals surface area contributed by atoms with Gasteiger partial charge in [-0.25, -0.2) is 13.5 Å². The van der Waals surface area contributed by atoms with E-state index in [1.54, 1.807) is 12.1 Å². The summed E-state index contributed by atoms with van der Waals surface area (Å²) in [4.78, 5) is 16.3. The predicted molar refractivity (Wildman–Crippen MR) is 89.8 cm³/mol. The zero-order valence-corrected chi connectivity index (χ0v) is 14.6. The van der Waals surface area contributed by atoms with Crippen molar-refractivity contribution >= 4 is 21.9 Å². The molecule has 0 saturated heterocycles. The van der Waals surface area contributed by atoms with Gasteiger partial charge in [0.25, 0.3) is 0 Å². The molecule has 9 heteroatoms. The molecule has 0 aliphatic carbocycles. The van der Waals surface area contributed by atoms with Crippen molar-refractivity contribution in [3.05, 3.63) is 36.2 Å². The normalized spacial score (nSPS) is 13.0. The van der Waals surface area contributed by atoms with E-state index in [4.69, 9.17) is 0 Å². The second-order valence-electron chi connectivity index (χ2n) is 5.94. The molecule has 0 fully saturated rings. The van der Waals surface area contributed by atoms with E-state index < -0.39 is 22.0 Å². The number of aromatic nitrogens is 3. The quantitative estimate of drug-likeness (QED) is 0.698. The summed E-state index contributed by atoms with van der Waals surface area (Å²) in [5.41, 5.74) is 0.954. The third kappa shape index (κ3) is 4.87. The number of carbonyl (C=O) groups is 1. The van der Waals surface area contributed by atoms with Gasteiger partial charge in [-0.15, -0.1) is 0 Å². The number of benzene rings is 1. The number of hydrogen-bond acceptors (Lipinski definition) is 5. The third-order valence-corrected chi connectivity index (χ3v) is 4.80. The number of anilines is 1. The van der Waals surface area contributed by atoms with E-state index in [2.05, 4.69) is 25.2 Å². The number of rotatable bonds is 7. The van der Waals surface area contributed by atoms with Gasteiger partial charge >= 0.3 is 0 Å². The van der Waals surface area contributed by atoms with Crippen molar-refractivity contribution in [1.82, 2.24) is 19.9 Å². The van der Waals surface area contributed by atoms with Gasteiger partial charge in [-0.3, -0.25) is 10.1 Å². The van der Waals surface area contributed by atoms with Crippen LogP contribution in [0.3, 0.4) is 0 Å². The molecular weight excluding hydrogens is 330 g/mol. The van der Waals surface area contributed by atoms with Crippen LogP contribution in [0.1, 0.15) is 25.8 Å². The molecular formula is C15H21N5O3S. The van der Waals surface area contributed by atoms with Crippen LogP contribution in [0, 0.1) is 12.8 Å². The zero-order valence-electron chi connectivity index (χ0n) is 13.8. The molecule has 0 bridgehead atoms. The summed E-state index contributed by atoms with van der Waals surface area (Å²) in [6, 6.07) is 5.53. The van der Waals surface area contributed by atoms with Crippen LogP contribution in [0.25, 0.3) is 0 Å². The lowest BCUT2D eigenvalue weighted by Gasteiger charge is -2.19. The van der Waals surface area contributed by atoms with Gasteiger partial charge in [-0.1, -0.05) is 31.5 Å². The SMILES string of the molecule is Cc1ccc(S(=O)(=O)N[C@H](CC(C)C)C(=O)Nc2ncn[nH]2)cc1. The predicted octanol–water partition coefficient (Wildman–Crippen LogP) is 1.44. The lowest BCUT2D eigenvalue weighted by molar-refractivity contribution is -0.118. The lowest BCUT2D eigenvalue weighted by atomic mass is 10.0. The number of amides is 1. The zero-order chi connectivity index (χ0) is 17.7. The van der Waals surface area contributed by atoms with Gasteiger partial charge in [0, 0.05) is 0 Å². The molecule has 130 valence electrons. The van der Waals surface area contributed by atoms with E-state index in [9.17, 15) is 13.2 Å². The summed E-state index contributed by atoms with van der Waals surface area (Å²) in [7, 11) is -3.80. The first-order valence-corrected chi connectivity index (χ1v) is 9.01. The van der Waals surface area contributed by atoms with Crippen LogP contribution in [0.2, 0.25) is 0 Å². The summed E-state index contributed by atoms with van der Waals surface area (Å²) in [5, 5.41) is 8.66. The van der Waals surface area contributed by atoms with Crippen molar-refractivity contribution in [2.75, 3.05) is 5.32 Å². The minimum Gasteiger partial charge on any atom is -0.294 e. The first kappa shape index (κ1) is 18.1. The van der Waals surface area contributed by atoms with Crippen molar-refractivity contribution in [1.29, 1.82) is 0 Å². The average Bonchev–Trinajstić information content (AvgIpc) is 2.99. The summed E-state index contributed by atoms with van der Waals surface area (Å²) in [5.74, 6) is -0.198. The molecule has 1 amide bonds. The van der Waals surface area contributed by atoms with Crippen LogP contribution in [0.15, 0.2) is 35.5 Å². The van der Waals surface area contributed by atoms with Gasteiger partial charge in [-0.05, 0) is 31.4 Å². The number of aryl methyl sites for hydroxylation is 1. The molecule has 3 N–H and O–H groups in total. The molecule has 24 heavy (non-hydrogen) atoms. The topological polar surface area (TPSA) is 117 Å². The molecule has 1 heterocycles. The van der Waals surface area contributed by atoms with Crippen molar-refractivity contribution in [3.8, 4) is 0 Å². The Hall–Kier alpha value is -2.26. The van der Waals surface area contributed by atoms with Crippen molar-refractivity contribution in [2.45, 2.75) is 38.1 Å². The maximum atomic E-state index is 12.5. The summed E-state index contributed by atoms with van der Waals surface area (Å²) < 4.78 is 27.5. The van der Waals surface area contributed by atoms with E-state index in [1.165, 1.54) is 18.5 Å². The van der Waals surface area contributed by atoms with Gasteiger partial charge in [-0.2, -0.15) is 14.8 Å². The number of sulfonamides is 1. The molecule has 1 aromatic heterocycles. The van der Waals surface area contributed by atoms with Crippen molar-refractivity contribution < 1.29 is 13.2 Å². The number of nitrogens with one attached hydrogen (secondary N) is 3. The minimum absolute atomic E-state index is 0.120. The van der Waals surface area contributed by atoms with E-state index in [0.717, 1.165) is 5.56 Å². The fraction of sp³-hybridized carbons (Fsp3) is 0.400. The third-order valence-electron chi connectivity index (χ3n) is 3.31. The van der Waals surface area contributed by atoms with Crippen LogP contribution < -0.4 is 10.0 Å². The molecule has 0 radical (unpaired) electrons. The minimum atomic E-state index is -3.80. The second kappa shape index (κ2) is 7.54. The lowest BCUT2D eigenvalue weighted by Crippen LogP contribution is -2.44. The molecule has 1 aromatic carbocycles. The van der Waals surface area contributed by atoms with Gasteiger partial charge in [0.15, 0.2) is 0 Å². The van der Waals surface area contributed by atoms with E-state index in [0.29, 0.717) is 6.42 Å². The Labute approximate surface area is 141 Å².